The minimum atomic E-state index is -2.98. The van der Waals surface area contributed by atoms with Gasteiger partial charge in [0.15, 0.2) is 5.43 Å². The third-order valence-corrected chi connectivity index (χ3v) is 6.63. The molecule has 2 aromatic rings. The van der Waals surface area contributed by atoms with Crippen LogP contribution in [0.2, 0.25) is 0 Å². The Bertz CT molecular complexity index is 1070. The molecule has 4 rings (SSSR count). The highest BCUT2D eigenvalue weighted by Crippen LogP contribution is 2.38. The zero-order chi connectivity index (χ0) is 20.1. The Morgan fingerprint density at radius 3 is 2.43 bits per heavy atom. The van der Waals surface area contributed by atoms with Crippen molar-refractivity contribution >= 4 is 26.4 Å². The largest absolute Gasteiger partial charge is 0.367 e. The molecule has 1 aliphatic heterocycles. The summed E-state index contributed by atoms with van der Waals surface area (Å²) >= 11 is 0. The first kappa shape index (κ1) is 19.4. The minimum Gasteiger partial charge on any atom is -0.367 e. The molecule has 28 heavy (non-hydrogen) atoms. The van der Waals surface area contributed by atoms with E-state index in [9.17, 15) is 17.6 Å². The first-order valence-electron chi connectivity index (χ1n) is 9.73. The van der Waals surface area contributed by atoms with Crippen LogP contribution in [0.15, 0.2) is 23.1 Å². The van der Waals surface area contributed by atoms with E-state index >= 15 is 0 Å². The molecule has 8 heteroatoms. The van der Waals surface area contributed by atoms with Gasteiger partial charge in [0.05, 0.1) is 17.0 Å². The lowest BCUT2D eigenvalue weighted by atomic mass is 10.1. The van der Waals surface area contributed by atoms with Crippen molar-refractivity contribution in [1.29, 1.82) is 0 Å². The van der Waals surface area contributed by atoms with Crippen LogP contribution in [0.3, 0.4) is 0 Å². The Kier molecular flexibility index (Phi) is 4.95. The van der Waals surface area contributed by atoms with Crippen molar-refractivity contribution < 1.29 is 12.8 Å². The summed E-state index contributed by atoms with van der Waals surface area (Å²) in [5.74, 6) is -0.230. The Balaban J connectivity index is 1.60. The number of aryl methyl sites for hydroxylation is 1. The smallest absolute Gasteiger partial charge is 0.192 e. The lowest BCUT2D eigenvalue weighted by Crippen LogP contribution is -2.47. The molecule has 1 saturated heterocycles. The number of sulfone groups is 1. The Morgan fingerprint density at radius 1 is 1.14 bits per heavy atom. The van der Waals surface area contributed by atoms with Crippen LogP contribution in [0, 0.1) is 12.7 Å². The van der Waals surface area contributed by atoms with Gasteiger partial charge in [-0.05, 0) is 31.9 Å². The summed E-state index contributed by atoms with van der Waals surface area (Å²) in [5, 5.41) is 0.444. The molecule has 2 aliphatic rings. The summed E-state index contributed by atoms with van der Waals surface area (Å²) in [4.78, 5) is 16.6. The van der Waals surface area contributed by atoms with Crippen LogP contribution in [-0.2, 0) is 9.84 Å². The highest BCUT2D eigenvalue weighted by molar-refractivity contribution is 7.90. The number of piperazine rings is 1. The van der Waals surface area contributed by atoms with Gasteiger partial charge in [-0.3, -0.25) is 9.69 Å². The lowest BCUT2D eigenvalue weighted by molar-refractivity contribution is 0.271. The molecular formula is C20H26FN3O3S. The van der Waals surface area contributed by atoms with Crippen LogP contribution in [0.25, 0.3) is 10.9 Å². The average molecular weight is 408 g/mol. The molecule has 1 saturated carbocycles. The summed E-state index contributed by atoms with van der Waals surface area (Å²) in [7, 11) is -2.98. The van der Waals surface area contributed by atoms with Gasteiger partial charge in [-0.2, -0.15) is 0 Å². The van der Waals surface area contributed by atoms with Gasteiger partial charge in [-0.15, -0.1) is 0 Å². The zero-order valence-electron chi connectivity index (χ0n) is 16.3. The topological polar surface area (TPSA) is 62.6 Å². The van der Waals surface area contributed by atoms with Crippen LogP contribution in [-0.4, -0.2) is 62.6 Å². The van der Waals surface area contributed by atoms with Crippen molar-refractivity contribution in [2.45, 2.75) is 25.8 Å². The van der Waals surface area contributed by atoms with Crippen molar-refractivity contribution in [1.82, 2.24) is 9.47 Å². The van der Waals surface area contributed by atoms with Gasteiger partial charge in [0, 0.05) is 62.2 Å². The summed E-state index contributed by atoms with van der Waals surface area (Å²) in [6.45, 7) is 4.93. The molecule has 0 bridgehead atoms. The molecule has 2 fully saturated rings. The maximum Gasteiger partial charge on any atom is 0.192 e. The first-order chi connectivity index (χ1) is 13.2. The molecule has 152 valence electrons. The lowest BCUT2D eigenvalue weighted by Gasteiger charge is -2.36. The predicted molar refractivity (Wildman–Crippen MR) is 110 cm³/mol. The monoisotopic (exact) mass is 407 g/mol. The quantitative estimate of drug-likeness (QED) is 0.758. The number of rotatable bonds is 5. The molecule has 2 heterocycles. The summed E-state index contributed by atoms with van der Waals surface area (Å²) in [5.41, 5.74) is 1.86. The third kappa shape index (κ3) is 3.93. The molecule has 0 spiro atoms. The van der Waals surface area contributed by atoms with Crippen molar-refractivity contribution in [3.8, 4) is 0 Å². The normalized spacial score (nSPS) is 18.8. The van der Waals surface area contributed by atoms with E-state index in [0.717, 1.165) is 18.4 Å². The SMILES string of the molecule is Cc1cn(C2CC2)c2cc(N3CCN(CCS(C)(=O)=O)CC3)c(F)cc2c1=O. The maximum atomic E-state index is 14.9. The van der Waals surface area contributed by atoms with Gasteiger partial charge in [0.1, 0.15) is 15.7 Å². The second kappa shape index (κ2) is 7.15. The summed E-state index contributed by atoms with van der Waals surface area (Å²) in [6.07, 6.45) is 5.31. The first-order valence-corrected chi connectivity index (χ1v) is 11.8. The molecule has 0 N–H and O–H groups in total. The molecule has 0 amide bonds. The number of hydrogen-bond donors (Lipinski definition) is 0. The van der Waals surface area contributed by atoms with Gasteiger partial charge in [-0.1, -0.05) is 0 Å². The third-order valence-electron chi connectivity index (χ3n) is 5.71. The van der Waals surface area contributed by atoms with Gasteiger partial charge >= 0.3 is 0 Å². The average Bonchev–Trinajstić information content (AvgIpc) is 3.48. The molecule has 1 aliphatic carbocycles. The Labute approximate surface area is 164 Å². The molecular weight excluding hydrogens is 381 g/mol. The predicted octanol–water partition coefficient (Wildman–Crippen LogP) is 1.95. The van der Waals surface area contributed by atoms with Gasteiger partial charge in [-0.25, -0.2) is 12.8 Å². The second-order valence-corrected chi connectivity index (χ2v) is 10.3. The van der Waals surface area contributed by atoms with E-state index in [4.69, 9.17) is 0 Å². The van der Waals surface area contributed by atoms with Crippen LogP contribution >= 0.6 is 0 Å². The highest BCUT2D eigenvalue weighted by atomic mass is 32.2. The van der Waals surface area contributed by atoms with Crippen LogP contribution in [0.1, 0.15) is 24.4 Å². The fourth-order valence-corrected chi connectivity index (χ4v) is 4.49. The summed E-state index contributed by atoms with van der Waals surface area (Å²) in [6, 6.07) is 3.60. The van der Waals surface area contributed by atoms with E-state index in [1.54, 1.807) is 6.92 Å². The molecule has 6 nitrogen and oxygen atoms in total. The molecule has 0 atom stereocenters. The number of anilines is 1. The van der Waals surface area contributed by atoms with Gasteiger partial charge in [0.2, 0.25) is 0 Å². The molecule has 1 aromatic heterocycles. The van der Waals surface area contributed by atoms with E-state index < -0.39 is 9.84 Å². The number of hydrogen-bond acceptors (Lipinski definition) is 5. The van der Waals surface area contributed by atoms with E-state index in [2.05, 4.69) is 9.47 Å². The number of pyridine rings is 1. The fraction of sp³-hybridized carbons (Fsp3) is 0.550. The van der Waals surface area contributed by atoms with Gasteiger partial charge < -0.3 is 9.47 Å². The van der Waals surface area contributed by atoms with Gasteiger partial charge in [0.25, 0.3) is 0 Å². The van der Waals surface area contributed by atoms with Crippen molar-refractivity contribution in [3.63, 3.8) is 0 Å². The van der Waals surface area contributed by atoms with Crippen molar-refractivity contribution in [2.24, 2.45) is 0 Å². The highest BCUT2D eigenvalue weighted by Gasteiger charge is 2.27. The molecule has 0 unspecified atom stereocenters. The van der Waals surface area contributed by atoms with Crippen LogP contribution in [0.4, 0.5) is 10.1 Å². The van der Waals surface area contributed by atoms with E-state index in [0.29, 0.717) is 55.4 Å². The van der Waals surface area contributed by atoms with E-state index in [1.807, 2.05) is 17.2 Å². The maximum absolute atomic E-state index is 14.9. The molecule has 0 radical (unpaired) electrons. The van der Waals surface area contributed by atoms with Crippen molar-refractivity contribution in [3.05, 3.63) is 39.9 Å². The number of fused-ring (bicyclic) bond motifs is 1. The van der Waals surface area contributed by atoms with E-state index in [1.165, 1.54) is 12.3 Å². The van der Waals surface area contributed by atoms with E-state index in [-0.39, 0.29) is 17.0 Å². The molecule has 1 aromatic carbocycles. The summed E-state index contributed by atoms with van der Waals surface area (Å²) < 4.78 is 39.7. The van der Waals surface area contributed by atoms with Crippen molar-refractivity contribution in [2.75, 3.05) is 49.6 Å². The number of halogens is 1. The Morgan fingerprint density at radius 2 is 1.82 bits per heavy atom. The second-order valence-electron chi connectivity index (χ2n) is 8.06. The number of nitrogens with zero attached hydrogens (tertiary/aromatic N) is 3. The van der Waals surface area contributed by atoms with Crippen LogP contribution < -0.4 is 10.3 Å². The number of aromatic nitrogens is 1. The van der Waals surface area contributed by atoms with Crippen LogP contribution in [0.5, 0.6) is 0 Å². The fourth-order valence-electron chi connectivity index (χ4n) is 3.90. The number of benzene rings is 1. The minimum absolute atomic E-state index is 0.108. The standard InChI is InChI=1S/C20H26FN3O3S/c1-14-13-24(15-3-4-15)18-12-19(17(21)11-16(18)20(14)25)23-7-5-22(6-8-23)9-10-28(2,26)27/h11-13,15H,3-10H2,1-2H3. The Hall–Kier alpha value is -1.93. The zero-order valence-corrected chi connectivity index (χ0v) is 17.1.